The molecule has 2 atom stereocenters. The van der Waals surface area contributed by atoms with Crippen LogP contribution < -0.4 is 21.5 Å². The van der Waals surface area contributed by atoms with Crippen molar-refractivity contribution >= 4 is 23.5 Å². The number of nitrogens with one attached hydrogen (secondary N) is 1. The van der Waals surface area contributed by atoms with Crippen molar-refractivity contribution < 1.29 is 19.1 Å². The lowest BCUT2D eigenvalue weighted by molar-refractivity contribution is -0.143. The highest BCUT2D eigenvalue weighted by atomic mass is 16.5. The Balaban J connectivity index is 1.54. The van der Waals surface area contributed by atoms with Crippen molar-refractivity contribution in [2.75, 3.05) is 13.7 Å². The van der Waals surface area contributed by atoms with Gasteiger partial charge in [-0.2, -0.15) is 0 Å². The van der Waals surface area contributed by atoms with Gasteiger partial charge in [0.25, 0.3) is 0 Å². The molecule has 1 heterocycles. The number of ether oxygens (including phenoxy) is 2. The molecule has 1 aliphatic heterocycles. The summed E-state index contributed by atoms with van der Waals surface area (Å²) >= 11 is 0. The molecule has 1 aliphatic rings. The Bertz CT molecular complexity index is 890. The van der Waals surface area contributed by atoms with Crippen LogP contribution in [0.5, 0.6) is 5.75 Å². The zero-order valence-corrected chi connectivity index (χ0v) is 16.1. The molecule has 2 aromatic carbocycles. The summed E-state index contributed by atoms with van der Waals surface area (Å²) in [7, 11) is 1.32. The number of hydrogen-bond acceptors (Lipinski definition) is 5. The Hall–Kier alpha value is -3.55. The van der Waals surface area contributed by atoms with E-state index in [2.05, 4.69) is 15.0 Å². The molecule has 0 spiro atoms. The number of benzene rings is 2. The largest absolute Gasteiger partial charge is 0.491 e. The molecular weight excluding hydrogens is 372 g/mol. The quantitative estimate of drug-likeness (QED) is 0.371. The van der Waals surface area contributed by atoms with Crippen LogP contribution in [-0.2, 0) is 14.3 Å². The van der Waals surface area contributed by atoms with Gasteiger partial charge >= 0.3 is 5.97 Å². The first-order chi connectivity index (χ1) is 13.9. The van der Waals surface area contributed by atoms with Gasteiger partial charge in [-0.1, -0.05) is 24.3 Å². The number of aliphatic imine (C=N–C) groups is 1. The fourth-order valence-corrected chi connectivity index (χ4v) is 3.22. The Morgan fingerprint density at radius 1 is 1.10 bits per heavy atom. The second-order valence-electron chi connectivity index (χ2n) is 6.84. The van der Waals surface area contributed by atoms with E-state index in [9.17, 15) is 9.59 Å². The third-order valence-electron chi connectivity index (χ3n) is 4.69. The SMILES string of the molecule is COC(=O)C[C@@H]1C[C@@H](COc2ccc(-c3ccc(N=C(N)N)cc3)cc2)NC1=O. The van der Waals surface area contributed by atoms with Crippen molar-refractivity contribution in [3.05, 3.63) is 48.5 Å². The molecule has 5 N–H and O–H groups in total. The molecule has 152 valence electrons. The zero-order valence-electron chi connectivity index (χ0n) is 16.1. The van der Waals surface area contributed by atoms with Crippen molar-refractivity contribution in [3.63, 3.8) is 0 Å². The number of carbonyl (C=O) groups excluding carboxylic acids is 2. The van der Waals surface area contributed by atoms with Crippen molar-refractivity contribution in [1.82, 2.24) is 5.32 Å². The van der Waals surface area contributed by atoms with Gasteiger partial charge in [-0.3, -0.25) is 9.59 Å². The fourth-order valence-electron chi connectivity index (χ4n) is 3.22. The van der Waals surface area contributed by atoms with Crippen molar-refractivity contribution in [3.8, 4) is 16.9 Å². The first-order valence-electron chi connectivity index (χ1n) is 9.24. The summed E-state index contributed by atoms with van der Waals surface area (Å²) in [5.41, 5.74) is 13.5. The molecular formula is C21H24N4O4. The van der Waals surface area contributed by atoms with Gasteiger partial charge in [-0.15, -0.1) is 0 Å². The molecule has 0 saturated carbocycles. The molecule has 0 aliphatic carbocycles. The van der Waals surface area contributed by atoms with E-state index in [4.69, 9.17) is 16.2 Å². The molecule has 1 amide bonds. The van der Waals surface area contributed by atoms with E-state index in [0.717, 1.165) is 11.1 Å². The maximum atomic E-state index is 11.9. The molecule has 1 saturated heterocycles. The van der Waals surface area contributed by atoms with E-state index < -0.39 is 0 Å². The van der Waals surface area contributed by atoms with Gasteiger partial charge < -0.3 is 26.3 Å². The third-order valence-corrected chi connectivity index (χ3v) is 4.69. The molecule has 8 heteroatoms. The minimum Gasteiger partial charge on any atom is -0.491 e. The second kappa shape index (κ2) is 9.09. The van der Waals surface area contributed by atoms with Crippen molar-refractivity contribution in [2.45, 2.75) is 18.9 Å². The lowest BCUT2D eigenvalue weighted by Crippen LogP contribution is -2.31. The molecule has 2 aromatic rings. The van der Waals surface area contributed by atoms with Gasteiger partial charge in [0.2, 0.25) is 5.91 Å². The number of esters is 1. The van der Waals surface area contributed by atoms with E-state index in [1.165, 1.54) is 7.11 Å². The minimum atomic E-state index is -0.381. The molecule has 29 heavy (non-hydrogen) atoms. The van der Waals surface area contributed by atoms with E-state index in [1.807, 2.05) is 48.5 Å². The van der Waals surface area contributed by atoms with E-state index >= 15 is 0 Å². The summed E-state index contributed by atoms with van der Waals surface area (Å²) in [6.45, 7) is 0.343. The summed E-state index contributed by atoms with van der Waals surface area (Å²) < 4.78 is 10.4. The molecule has 3 rings (SSSR count). The van der Waals surface area contributed by atoms with Gasteiger partial charge in [0.1, 0.15) is 12.4 Å². The lowest BCUT2D eigenvalue weighted by atomic mass is 10.0. The van der Waals surface area contributed by atoms with Gasteiger partial charge in [0.05, 0.1) is 31.2 Å². The van der Waals surface area contributed by atoms with Crippen LogP contribution in [0, 0.1) is 5.92 Å². The number of amides is 1. The summed E-state index contributed by atoms with van der Waals surface area (Å²) in [6.07, 6.45) is 0.643. The fraction of sp³-hybridized carbons (Fsp3) is 0.286. The second-order valence-corrected chi connectivity index (χ2v) is 6.84. The highest BCUT2D eigenvalue weighted by molar-refractivity contribution is 5.85. The summed E-state index contributed by atoms with van der Waals surface area (Å²) in [5, 5.41) is 2.86. The van der Waals surface area contributed by atoms with E-state index in [0.29, 0.717) is 24.5 Å². The van der Waals surface area contributed by atoms with Gasteiger partial charge in [-0.25, -0.2) is 4.99 Å². The van der Waals surface area contributed by atoms with Gasteiger partial charge in [0, 0.05) is 0 Å². The van der Waals surface area contributed by atoms with Crippen LogP contribution in [0.2, 0.25) is 0 Å². The first kappa shape index (κ1) is 20.2. The van der Waals surface area contributed by atoms with Gasteiger partial charge in [0.15, 0.2) is 5.96 Å². The smallest absolute Gasteiger partial charge is 0.306 e. The van der Waals surface area contributed by atoms with Crippen molar-refractivity contribution in [1.29, 1.82) is 0 Å². The number of carbonyl (C=O) groups is 2. The Morgan fingerprint density at radius 3 is 2.31 bits per heavy atom. The van der Waals surface area contributed by atoms with Crippen LogP contribution >= 0.6 is 0 Å². The number of methoxy groups -OCH3 is 1. The zero-order chi connectivity index (χ0) is 20.8. The van der Waals surface area contributed by atoms with Crippen LogP contribution in [0.4, 0.5) is 5.69 Å². The van der Waals surface area contributed by atoms with Crippen LogP contribution in [-0.4, -0.2) is 37.6 Å². The van der Waals surface area contributed by atoms with E-state index in [-0.39, 0.29) is 36.2 Å². The monoisotopic (exact) mass is 396 g/mol. The maximum Gasteiger partial charge on any atom is 0.306 e. The summed E-state index contributed by atoms with van der Waals surface area (Å²) in [5.74, 6) is -0.150. The summed E-state index contributed by atoms with van der Waals surface area (Å²) in [4.78, 5) is 27.3. The topological polar surface area (TPSA) is 129 Å². The molecule has 1 fully saturated rings. The third kappa shape index (κ3) is 5.47. The Morgan fingerprint density at radius 2 is 1.72 bits per heavy atom. The highest BCUT2D eigenvalue weighted by Gasteiger charge is 2.34. The van der Waals surface area contributed by atoms with Crippen molar-refractivity contribution in [2.24, 2.45) is 22.4 Å². The Labute approximate surface area is 168 Å². The number of nitrogens with zero attached hydrogens (tertiary/aromatic N) is 1. The predicted molar refractivity (Wildman–Crippen MR) is 110 cm³/mol. The number of guanidine groups is 1. The lowest BCUT2D eigenvalue weighted by Gasteiger charge is -2.12. The van der Waals surface area contributed by atoms with Crippen LogP contribution in [0.25, 0.3) is 11.1 Å². The van der Waals surface area contributed by atoms with Crippen LogP contribution in [0.1, 0.15) is 12.8 Å². The average molecular weight is 396 g/mol. The molecule has 8 nitrogen and oxygen atoms in total. The number of rotatable bonds is 7. The maximum absolute atomic E-state index is 11.9. The normalized spacial score (nSPS) is 18.0. The molecule has 0 radical (unpaired) electrons. The molecule has 0 aromatic heterocycles. The summed E-state index contributed by atoms with van der Waals surface area (Å²) in [6, 6.07) is 15.1. The van der Waals surface area contributed by atoms with E-state index in [1.54, 1.807) is 0 Å². The Kier molecular flexibility index (Phi) is 6.33. The molecule has 0 unspecified atom stereocenters. The first-order valence-corrected chi connectivity index (χ1v) is 9.24. The van der Waals surface area contributed by atoms with Crippen LogP contribution in [0.3, 0.4) is 0 Å². The molecule has 0 bridgehead atoms. The average Bonchev–Trinajstić information content (AvgIpc) is 3.06. The van der Waals surface area contributed by atoms with Gasteiger partial charge in [-0.05, 0) is 41.8 Å². The van der Waals surface area contributed by atoms with Crippen LogP contribution in [0.15, 0.2) is 53.5 Å². The highest BCUT2D eigenvalue weighted by Crippen LogP contribution is 2.25. The minimum absolute atomic E-state index is 0.0225. The standard InChI is InChI=1S/C21H24N4O4/c1-28-19(26)11-15-10-17(24-20(15)27)12-29-18-8-4-14(5-9-18)13-2-6-16(7-3-13)25-21(22)23/h2-9,15,17H,10-12H2,1H3,(H,24,27)(H4,22,23,25)/t15-,17-/m0/s1. The predicted octanol–water partition coefficient (Wildman–Crippen LogP) is 1.71. The number of nitrogens with two attached hydrogens (primary N) is 2. The number of hydrogen-bond donors (Lipinski definition) is 3.